The quantitative estimate of drug-likeness (QED) is 0.399. The van der Waals surface area contributed by atoms with Gasteiger partial charge in [0.1, 0.15) is 17.6 Å². The lowest BCUT2D eigenvalue weighted by atomic mass is 10.1. The summed E-state index contributed by atoms with van der Waals surface area (Å²) in [4.78, 5) is 27.4. The highest BCUT2D eigenvalue weighted by Gasteiger charge is 2.27. The van der Waals surface area contributed by atoms with Crippen molar-refractivity contribution in [2.24, 2.45) is 5.92 Å². The van der Waals surface area contributed by atoms with Crippen LogP contribution in [0.3, 0.4) is 0 Å². The van der Waals surface area contributed by atoms with Gasteiger partial charge in [0, 0.05) is 26.1 Å². The molecular formula is C26H35ClFN3O5S. The minimum absolute atomic E-state index is 0.00109. The maximum Gasteiger partial charge on any atom is 0.242 e. The predicted octanol–water partition coefficient (Wildman–Crippen LogP) is 4.22. The Morgan fingerprint density at radius 2 is 1.76 bits per heavy atom. The molecular weight excluding hydrogens is 521 g/mol. The number of carbonyl (C=O) groups excluding carboxylic acids is 2. The number of sulfonamides is 1. The summed E-state index contributed by atoms with van der Waals surface area (Å²) in [5.74, 6) is -0.363. The topological polar surface area (TPSA) is 96.0 Å². The number of nitrogens with zero attached hydrogens (tertiary/aromatic N) is 2. The van der Waals surface area contributed by atoms with Crippen LogP contribution in [0.4, 0.5) is 10.1 Å². The summed E-state index contributed by atoms with van der Waals surface area (Å²) in [5.41, 5.74) is 1.02. The SMILES string of the molecule is COc1ccc(N(CCCC(=O)N(Cc2ccc(F)cc2)[C@@H](C)C(=O)NCC(C)C)S(C)(=O)=O)cc1Cl. The highest BCUT2D eigenvalue weighted by Crippen LogP contribution is 2.30. The normalized spacial score (nSPS) is 12.2. The number of hydrogen-bond donors (Lipinski definition) is 1. The van der Waals surface area contributed by atoms with Gasteiger partial charge in [-0.15, -0.1) is 0 Å². The Bertz CT molecular complexity index is 1180. The van der Waals surface area contributed by atoms with Crippen molar-refractivity contribution < 1.29 is 27.1 Å². The standard InChI is InChI=1S/C26H35ClFN3O5S/c1-18(2)16-29-26(33)19(3)30(17-20-8-10-21(28)11-9-20)25(32)7-6-14-31(37(5,34)35)22-12-13-24(36-4)23(27)15-22/h8-13,15,18-19H,6-7,14,16-17H2,1-5H3,(H,29,33)/t19-/m0/s1. The maximum absolute atomic E-state index is 13.4. The lowest BCUT2D eigenvalue weighted by molar-refractivity contribution is -0.140. The van der Waals surface area contributed by atoms with Crippen LogP contribution in [0.2, 0.25) is 5.02 Å². The van der Waals surface area contributed by atoms with E-state index < -0.39 is 21.9 Å². The zero-order valence-electron chi connectivity index (χ0n) is 21.8. The number of methoxy groups -OCH3 is 1. The van der Waals surface area contributed by atoms with E-state index in [1.54, 1.807) is 31.2 Å². The van der Waals surface area contributed by atoms with Gasteiger partial charge < -0.3 is 15.0 Å². The van der Waals surface area contributed by atoms with Crippen LogP contribution in [0.1, 0.15) is 39.2 Å². The summed E-state index contributed by atoms with van der Waals surface area (Å²) < 4.78 is 44.6. The summed E-state index contributed by atoms with van der Waals surface area (Å²) in [7, 11) is -2.20. The minimum Gasteiger partial charge on any atom is -0.495 e. The van der Waals surface area contributed by atoms with E-state index in [1.165, 1.54) is 34.5 Å². The lowest BCUT2D eigenvalue weighted by Crippen LogP contribution is -2.48. The van der Waals surface area contributed by atoms with Gasteiger partial charge in [-0.2, -0.15) is 0 Å². The van der Waals surface area contributed by atoms with Crippen molar-refractivity contribution in [1.29, 1.82) is 0 Å². The molecule has 0 radical (unpaired) electrons. The molecule has 1 atom stereocenters. The summed E-state index contributed by atoms with van der Waals surface area (Å²) in [6.07, 6.45) is 1.28. The number of hydrogen-bond acceptors (Lipinski definition) is 5. The Morgan fingerprint density at radius 3 is 2.30 bits per heavy atom. The minimum atomic E-state index is -3.66. The third-order valence-corrected chi connectivity index (χ3v) is 7.18. The Hall–Kier alpha value is -2.85. The highest BCUT2D eigenvalue weighted by atomic mass is 35.5. The van der Waals surface area contributed by atoms with Crippen molar-refractivity contribution in [3.05, 3.63) is 58.9 Å². The molecule has 0 fully saturated rings. The maximum atomic E-state index is 13.4. The van der Waals surface area contributed by atoms with Gasteiger partial charge in [-0.25, -0.2) is 12.8 Å². The van der Waals surface area contributed by atoms with E-state index in [9.17, 15) is 22.4 Å². The van der Waals surface area contributed by atoms with Gasteiger partial charge in [0.15, 0.2) is 0 Å². The summed E-state index contributed by atoms with van der Waals surface area (Å²) in [6, 6.07) is 9.59. The summed E-state index contributed by atoms with van der Waals surface area (Å²) in [5, 5.41) is 3.10. The number of rotatable bonds is 13. The molecule has 2 rings (SSSR count). The van der Waals surface area contributed by atoms with Gasteiger partial charge in [0.2, 0.25) is 21.8 Å². The molecule has 0 aliphatic heterocycles. The molecule has 0 spiro atoms. The largest absolute Gasteiger partial charge is 0.495 e. The van der Waals surface area contributed by atoms with Crippen LogP contribution >= 0.6 is 11.6 Å². The summed E-state index contributed by atoms with van der Waals surface area (Å²) >= 11 is 6.18. The second-order valence-corrected chi connectivity index (χ2v) is 11.5. The molecule has 0 aliphatic carbocycles. The van der Waals surface area contributed by atoms with Crippen LogP contribution in [0.15, 0.2) is 42.5 Å². The van der Waals surface area contributed by atoms with E-state index >= 15 is 0 Å². The van der Waals surface area contributed by atoms with Crippen LogP contribution in [-0.4, -0.2) is 57.6 Å². The van der Waals surface area contributed by atoms with Crippen LogP contribution in [0.25, 0.3) is 0 Å². The molecule has 0 aromatic heterocycles. The molecule has 2 aromatic rings. The molecule has 11 heteroatoms. The second kappa shape index (κ2) is 13.6. The number of halogens is 2. The summed E-state index contributed by atoms with van der Waals surface area (Å²) in [6.45, 7) is 6.19. The molecule has 0 bridgehead atoms. The van der Waals surface area contributed by atoms with Crippen LogP contribution in [0.5, 0.6) is 5.75 Å². The third-order valence-electron chi connectivity index (χ3n) is 5.69. The molecule has 0 unspecified atom stereocenters. The zero-order valence-corrected chi connectivity index (χ0v) is 23.4. The van der Waals surface area contributed by atoms with E-state index in [-0.39, 0.29) is 48.7 Å². The van der Waals surface area contributed by atoms with Gasteiger partial charge in [0.25, 0.3) is 0 Å². The molecule has 0 saturated heterocycles. The van der Waals surface area contributed by atoms with Crippen LogP contribution in [-0.2, 0) is 26.2 Å². The van der Waals surface area contributed by atoms with E-state index in [0.717, 1.165) is 6.26 Å². The van der Waals surface area contributed by atoms with Crippen LogP contribution < -0.4 is 14.4 Å². The molecule has 204 valence electrons. The van der Waals surface area contributed by atoms with E-state index in [0.29, 0.717) is 23.5 Å². The van der Waals surface area contributed by atoms with Crippen molar-refractivity contribution >= 4 is 39.1 Å². The Labute approximate surface area is 223 Å². The monoisotopic (exact) mass is 555 g/mol. The van der Waals surface area contributed by atoms with Gasteiger partial charge >= 0.3 is 0 Å². The molecule has 0 aliphatic rings. The van der Waals surface area contributed by atoms with Gasteiger partial charge in [-0.05, 0) is 55.2 Å². The van der Waals surface area contributed by atoms with Gasteiger partial charge in [0.05, 0.1) is 24.1 Å². The predicted molar refractivity (Wildman–Crippen MR) is 144 cm³/mol. The first-order chi connectivity index (χ1) is 17.3. The van der Waals surface area contributed by atoms with Crippen molar-refractivity contribution in [3.8, 4) is 5.75 Å². The first-order valence-electron chi connectivity index (χ1n) is 12.0. The Balaban J connectivity index is 2.17. The first kappa shape index (κ1) is 30.4. The fraction of sp³-hybridized carbons (Fsp3) is 0.462. The van der Waals surface area contributed by atoms with Crippen molar-refractivity contribution in [3.63, 3.8) is 0 Å². The zero-order chi connectivity index (χ0) is 27.8. The van der Waals surface area contributed by atoms with Gasteiger partial charge in [-0.3, -0.25) is 13.9 Å². The van der Waals surface area contributed by atoms with Crippen molar-refractivity contribution in [2.45, 2.75) is 46.2 Å². The van der Waals surface area contributed by atoms with Gasteiger partial charge in [-0.1, -0.05) is 37.6 Å². The smallest absolute Gasteiger partial charge is 0.242 e. The lowest BCUT2D eigenvalue weighted by Gasteiger charge is -2.29. The molecule has 37 heavy (non-hydrogen) atoms. The van der Waals surface area contributed by atoms with E-state index in [4.69, 9.17) is 16.3 Å². The fourth-order valence-electron chi connectivity index (χ4n) is 3.64. The fourth-order valence-corrected chi connectivity index (χ4v) is 4.85. The van der Waals surface area contributed by atoms with Crippen LogP contribution in [0, 0.1) is 11.7 Å². The van der Waals surface area contributed by atoms with Crippen molar-refractivity contribution in [2.75, 3.05) is 30.8 Å². The second-order valence-electron chi connectivity index (χ2n) is 9.22. The number of nitrogens with one attached hydrogen (secondary N) is 1. The number of benzene rings is 2. The molecule has 0 heterocycles. The first-order valence-corrected chi connectivity index (χ1v) is 14.2. The molecule has 2 amide bonds. The molecule has 8 nitrogen and oxygen atoms in total. The van der Waals surface area contributed by atoms with Crippen molar-refractivity contribution in [1.82, 2.24) is 10.2 Å². The molecule has 1 N–H and O–H groups in total. The average molecular weight is 556 g/mol. The Morgan fingerprint density at radius 1 is 1.11 bits per heavy atom. The molecule has 2 aromatic carbocycles. The van der Waals surface area contributed by atoms with E-state index in [2.05, 4.69) is 5.32 Å². The number of ether oxygens (including phenoxy) is 1. The number of amides is 2. The molecule has 0 saturated carbocycles. The highest BCUT2D eigenvalue weighted by molar-refractivity contribution is 7.92. The number of carbonyl (C=O) groups is 2. The number of anilines is 1. The third kappa shape index (κ3) is 9.19. The average Bonchev–Trinajstić information content (AvgIpc) is 2.83. The van der Waals surface area contributed by atoms with E-state index in [1.807, 2.05) is 13.8 Å². The Kier molecular flexibility index (Phi) is 11.2.